The number of rotatable bonds is 3. The number of hydrogen-bond acceptors (Lipinski definition) is 5. The summed E-state index contributed by atoms with van der Waals surface area (Å²) in [5.74, 6) is -1.09. The number of H-pyrrole nitrogens is 1. The first-order valence-corrected chi connectivity index (χ1v) is 8.02. The molecule has 0 amide bonds. The van der Waals surface area contributed by atoms with Crippen molar-refractivity contribution in [3.63, 3.8) is 0 Å². The van der Waals surface area contributed by atoms with Crippen molar-refractivity contribution < 1.29 is 19.4 Å². The van der Waals surface area contributed by atoms with E-state index in [0.717, 1.165) is 4.57 Å². The van der Waals surface area contributed by atoms with Crippen molar-refractivity contribution in [2.45, 2.75) is 6.92 Å². The average Bonchev–Trinajstić information content (AvgIpc) is 3.13. The molecule has 1 aliphatic heterocycles. The van der Waals surface area contributed by atoms with Crippen LogP contribution < -0.4 is 5.69 Å². The number of imidazole rings is 1. The normalized spacial score (nSPS) is 12.0. The molecule has 0 aliphatic carbocycles. The Morgan fingerprint density at radius 3 is 2.58 bits per heavy atom. The smallest absolute Gasteiger partial charge is 0.338 e. The van der Waals surface area contributed by atoms with Crippen LogP contribution >= 0.6 is 0 Å². The van der Waals surface area contributed by atoms with Crippen LogP contribution in [0.4, 0.5) is 0 Å². The summed E-state index contributed by atoms with van der Waals surface area (Å²) in [6.45, 7) is 1.91. The number of benzene rings is 2. The van der Waals surface area contributed by atoms with E-state index in [-0.39, 0.29) is 29.2 Å². The van der Waals surface area contributed by atoms with Gasteiger partial charge in [0.25, 0.3) is 5.91 Å². The fourth-order valence-electron chi connectivity index (χ4n) is 3.15. The Hall–Kier alpha value is -3.61. The highest BCUT2D eigenvalue weighted by Crippen LogP contribution is 2.40. The molecule has 2 heterocycles. The SMILES string of the molecule is CCOC(=O)c1ccc(O)c(-c2[nH]c(=O)n3c2-c2ccccc2C3=O)c1. The van der Waals surface area contributed by atoms with Crippen LogP contribution in [0.2, 0.25) is 0 Å². The van der Waals surface area contributed by atoms with Gasteiger partial charge >= 0.3 is 11.7 Å². The number of aromatic amines is 1. The highest BCUT2D eigenvalue weighted by molar-refractivity contribution is 6.11. The first-order chi connectivity index (χ1) is 12.5. The van der Waals surface area contributed by atoms with Gasteiger partial charge < -0.3 is 14.8 Å². The van der Waals surface area contributed by atoms with Gasteiger partial charge in [-0.1, -0.05) is 18.2 Å². The third kappa shape index (κ3) is 2.17. The van der Waals surface area contributed by atoms with Gasteiger partial charge in [0.1, 0.15) is 5.75 Å². The summed E-state index contributed by atoms with van der Waals surface area (Å²) < 4.78 is 6.02. The van der Waals surface area contributed by atoms with Crippen molar-refractivity contribution in [2.24, 2.45) is 0 Å². The molecule has 7 heteroatoms. The highest BCUT2D eigenvalue weighted by atomic mass is 16.5. The fraction of sp³-hybridized carbons (Fsp3) is 0.105. The van der Waals surface area contributed by atoms with E-state index >= 15 is 0 Å². The van der Waals surface area contributed by atoms with Crippen molar-refractivity contribution in [3.05, 3.63) is 64.1 Å². The molecule has 0 saturated heterocycles. The zero-order valence-corrected chi connectivity index (χ0v) is 13.8. The van der Waals surface area contributed by atoms with Gasteiger partial charge in [0.05, 0.1) is 23.6 Å². The van der Waals surface area contributed by atoms with Gasteiger partial charge in [-0.15, -0.1) is 0 Å². The molecule has 0 saturated carbocycles. The van der Waals surface area contributed by atoms with E-state index in [1.54, 1.807) is 31.2 Å². The molecule has 0 unspecified atom stereocenters. The van der Waals surface area contributed by atoms with E-state index in [1.807, 2.05) is 0 Å². The van der Waals surface area contributed by atoms with Gasteiger partial charge in [-0.25, -0.2) is 14.2 Å². The van der Waals surface area contributed by atoms with Gasteiger partial charge in [-0.3, -0.25) is 4.79 Å². The van der Waals surface area contributed by atoms with E-state index in [1.165, 1.54) is 18.2 Å². The molecule has 130 valence electrons. The van der Waals surface area contributed by atoms with Crippen LogP contribution in [0.25, 0.3) is 22.5 Å². The summed E-state index contributed by atoms with van der Waals surface area (Å²) in [7, 11) is 0. The maximum Gasteiger partial charge on any atom is 0.338 e. The van der Waals surface area contributed by atoms with Gasteiger partial charge in [-0.05, 0) is 31.2 Å². The number of esters is 1. The van der Waals surface area contributed by atoms with Crippen molar-refractivity contribution in [1.29, 1.82) is 0 Å². The lowest BCUT2D eigenvalue weighted by molar-refractivity contribution is 0.0526. The van der Waals surface area contributed by atoms with Crippen LogP contribution in [-0.4, -0.2) is 33.1 Å². The molecule has 1 aliphatic rings. The first-order valence-electron chi connectivity index (χ1n) is 8.02. The van der Waals surface area contributed by atoms with Crippen LogP contribution in [0, 0.1) is 0 Å². The quantitative estimate of drug-likeness (QED) is 0.553. The maximum absolute atomic E-state index is 12.5. The lowest BCUT2D eigenvalue weighted by atomic mass is 10.0. The highest BCUT2D eigenvalue weighted by Gasteiger charge is 2.32. The minimum Gasteiger partial charge on any atom is -0.507 e. The number of aromatic hydroxyl groups is 1. The third-order valence-electron chi connectivity index (χ3n) is 4.29. The summed E-state index contributed by atoms with van der Waals surface area (Å²) in [6.07, 6.45) is 0. The van der Waals surface area contributed by atoms with Crippen LogP contribution in [-0.2, 0) is 4.74 Å². The lowest BCUT2D eigenvalue weighted by Gasteiger charge is -2.08. The molecule has 0 bridgehead atoms. The summed E-state index contributed by atoms with van der Waals surface area (Å²) in [5.41, 5.74) is 1.52. The van der Waals surface area contributed by atoms with Crippen LogP contribution in [0.3, 0.4) is 0 Å². The molecule has 26 heavy (non-hydrogen) atoms. The molecule has 0 spiro atoms. The lowest BCUT2D eigenvalue weighted by Crippen LogP contribution is -2.21. The summed E-state index contributed by atoms with van der Waals surface area (Å²) >= 11 is 0. The molecule has 4 rings (SSSR count). The van der Waals surface area contributed by atoms with E-state index in [0.29, 0.717) is 16.8 Å². The number of carbonyl (C=O) groups is 2. The molecular weight excluding hydrogens is 336 g/mol. The number of nitrogens with one attached hydrogen (secondary N) is 1. The van der Waals surface area contributed by atoms with Crippen LogP contribution in [0.5, 0.6) is 5.75 Å². The molecule has 3 aromatic rings. The Kier molecular flexibility index (Phi) is 3.50. The zero-order valence-electron chi connectivity index (χ0n) is 13.8. The second-order valence-corrected chi connectivity index (χ2v) is 5.79. The molecule has 2 N–H and O–H groups in total. The summed E-state index contributed by atoms with van der Waals surface area (Å²) in [6, 6.07) is 11.1. The van der Waals surface area contributed by atoms with Crippen molar-refractivity contribution in [3.8, 4) is 28.3 Å². The largest absolute Gasteiger partial charge is 0.507 e. The number of phenols is 1. The molecule has 0 fully saturated rings. The molecule has 7 nitrogen and oxygen atoms in total. The van der Waals surface area contributed by atoms with Crippen molar-refractivity contribution >= 4 is 11.9 Å². The monoisotopic (exact) mass is 350 g/mol. The van der Waals surface area contributed by atoms with Gasteiger partial charge in [-0.2, -0.15) is 0 Å². The second-order valence-electron chi connectivity index (χ2n) is 5.79. The zero-order chi connectivity index (χ0) is 18.4. The average molecular weight is 350 g/mol. The first kappa shape index (κ1) is 15.9. The predicted octanol–water partition coefficient (Wildman–Crippen LogP) is 2.39. The minimum absolute atomic E-state index is 0.125. The molecule has 1 aromatic heterocycles. The van der Waals surface area contributed by atoms with Gasteiger partial charge in [0.15, 0.2) is 0 Å². The minimum atomic E-state index is -0.600. The van der Waals surface area contributed by atoms with E-state index < -0.39 is 17.6 Å². The topological polar surface area (TPSA) is 101 Å². The van der Waals surface area contributed by atoms with E-state index in [9.17, 15) is 19.5 Å². The number of aromatic nitrogens is 2. The Bertz CT molecular complexity index is 1120. The van der Waals surface area contributed by atoms with Crippen molar-refractivity contribution in [1.82, 2.24) is 9.55 Å². The number of carbonyl (C=O) groups excluding carboxylic acids is 2. The van der Waals surface area contributed by atoms with E-state index in [2.05, 4.69) is 4.98 Å². The Balaban J connectivity index is 1.96. The number of nitrogens with zero attached hydrogens (tertiary/aromatic N) is 1. The number of hydrogen-bond donors (Lipinski definition) is 2. The second kappa shape index (κ2) is 5.73. The summed E-state index contributed by atoms with van der Waals surface area (Å²) in [4.78, 5) is 39.4. The molecular formula is C19H14N2O5. The van der Waals surface area contributed by atoms with Gasteiger partial charge in [0, 0.05) is 16.7 Å². The number of ether oxygens (including phenoxy) is 1. The van der Waals surface area contributed by atoms with Crippen LogP contribution in [0.15, 0.2) is 47.3 Å². The van der Waals surface area contributed by atoms with Gasteiger partial charge in [0.2, 0.25) is 0 Å². The molecule has 0 atom stereocenters. The Morgan fingerprint density at radius 2 is 1.85 bits per heavy atom. The Morgan fingerprint density at radius 1 is 1.12 bits per heavy atom. The predicted molar refractivity (Wildman–Crippen MR) is 93.3 cm³/mol. The standard InChI is InChI=1S/C19H14N2O5/c1-2-26-18(24)10-7-8-14(22)13(9-10)15-16-11-5-3-4-6-12(11)17(23)21(16)19(25)20-15/h3-9,22H,2H2,1H3,(H,20,25). The third-order valence-corrected chi connectivity index (χ3v) is 4.29. The fourth-order valence-corrected chi connectivity index (χ4v) is 3.15. The Labute approximate surface area is 147 Å². The summed E-state index contributed by atoms with van der Waals surface area (Å²) in [5, 5.41) is 10.3. The van der Waals surface area contributed by atoms with E-state index in [4.69, 9.17) is 4.74 Å². The number of fused-ring (bicyclic) bond motifs is 3. The van der Waals surface area contributed by atoms with Crippen LogP contribution in [0.1, 0.15) is 27.6 Å². The number of phenolic OH excluding ortho intramolecular Hbond substituents is 1. The molecule has 2 aromatic carbocycles. The molecule has 0 radical (unpaired) electrons. The maximum atomic E-state index is 12.5. The van der Waals surface area contributed by atoms with Crippen molar-refractivity contribution in [2.75, 3.05) is 6.61 Å².